The third-order valence-corrected chi connectivity index (χ3v) is 3.33. The number of benzene rings is 1. The summed E-state index contributed by atoms with van der Waals surface area (Å²) in [6.45, 7) is 0.726. The Morgan fingerprint density at radius 3 is 2.65 bits per heavy atom. The van der Waals surface area contributed by atoms with E-state index in [0.29, 0.717) is 6.04 Å². The lowest BCUT2D eigenvalue weighted by Gasteiger charge is -2.15. The molecule has 1 unspecified atom stereocenters. The van der Waals surface area contributed by atoms with E-state index in [2.05, 4.69) is 5.43 Å². The van der Waals surface area contributed by atoms with Crippen molar-refractivity contribution in [3.8, 4) is 5.75 Å². The molecular weight excluding hydrogens is 212 g/mol. The monoisotopic (exact) mass is 234 g/mol. The highest BCUT2D eigenvalue weighted by Gasteiger charge is 2.22. The van der Waals surface area contributed by atoms with Gasteiger partial charge in [0.15, 0.2) is 0 Å². The maximum atomic E-state index is 5.67. The lowest BCUT2D eigenvalue weighted by Crippen LogP contribution is -2.36. The van der Waals surface area contributed by atoms with Crippen LogP contribution in [0.4, 0.5) is 0 Å². The first-order chi connectivity index (χ1) is 8.38. The Labute approximate surface area is 103 Å². The van der Waals surface area contributed by atoms with Crippen LogP contribution in [0.2, 0.25) is 0 Å². The highest BCUT2D eigenvalue weighted by Crippen LogP contribution is 2.34. The van der Waals surface area contributed by atoms with Gasteiger partial charge in [0.1, 0.15) is 5.75 Å². The molecule has 0 bridgehead atoms. The van der Waals surface area contributed by atoms with Crippen molar-refractivity contribution in [2.45, 2.75) is 38.1 Å². The lowest BCUT2D eigenvalue weighted by atomic mass is 10.1. The van der Waals surface area contributed by atoms with Gasteiger partial charge in [-0.1, -0.05) is 31.0 Å². The maximum absolute atomic E-state index is 5.67. The molecule has 2 rings (SSSR count). The maximum Gasteiger partial charge on any atom is 0.119 e. The van der Waals surface area contributed by atoms with Gasteiger partial charge in [-0.15, -0.1) is 0 Å². The van der Waals surface area contributed by atoms with Crippen LogP contribution in [0.1, 0.15) is 32.1 Å². The number of hydrogen-bond donors (Lipinski definition) is 2. The molecule has 0 aliphatic heterocycles. The molecule has 0 aromatic heterocycles. The van der Waals surface area contributed by atoms with Gasteiger partial charge in [-0.05, 0) is 37.3 Å². The van der Waals surface area contributed by atoms with Crippen LogP contribution in [0.15, 0.2) is 30.3 Å². The molecule has 0 spiro atoms. The minimum absolute atomic E-state index is 0.388. The Hall–Kier alpha value is -1.06. The molecule has 3 heteroatoms. The van der Waals surface area contributed by atoms with E-state index in [1.165, 1.54) is 25.7 Å². The number of nitrogens with two attached hydrogens (primary N) is 1. The second-order valence-corrected chi connectivity index (χ2v) is 4.83. The molecule has 94 valence electrons. The van der Waals surface area contributed by atoms with Crippen LogP contribution in [0.5, 0.6) is 5.75 Å². The number of para-hydroxylation sites is 1. The van der Waals surface area contributed by atoms with E-state index in [-0.39, 0.29) is 0 Å². The molecule has 17 heavy (non-hydrogen) atoms. The Kier molecular flexibility index (Phi) is 4.83. The summed E-state index contributed by atoms with van der Waals surface area (Å²) in [5, 5.41) is 0. The number of rotatable bonds is 8. The molecule has 1 saturated carbocycles. The van der Waals surface area contributed by atoms with Gasteiger partial charge in [0.25, 0.3) is 0 Å². The highest BCUT2D eigenvalue weighted by atomic mass is 16.5. The summed E-state index contributed by atoms with van der Waals surface area (Å²) in [6.07, 6.45) is 6.27. The molecule has 1 atom stereocenters. The molecule has 1 aliphatic carbocycles. The largest absolute Gasteiger partial charge is 0.494 e. The third-order valence-electron chi connectivity index (χ3n) is 3.33. The summed E-state index contributed by atoms with van der Waals surface area (Å²) in [5.41, 5.74) is 2.89. The molecule has 0 heterocycles. The van der Waals surface area contributed by atoms with Crippen molar-refractivity contribution in [1.82, 2.24) is 5.43 Å². The Bertz CT molecular complexity index is 311. The van der Waals surface area contributed by atoms with Crippen molar-refractivity contribution in [1.29, 1.82) is 0 Å². The van der Waals surface area contributed by atoms with E-state index in [9.17, 15) is 0 Å². The van der Waals surface area contributed by atoms with Gasteiger partial charge in [-0.2, -0.15) is 0 Å². The molecule has 1 aromatic rings. The van der Waals surface area contributed by atoms with Crippen LogP contribution in [-0.4, -0.2) is 12.6 Å². The van der Waals surface area contributed by atoms with Crippen LogP contribution in [-0.2, 0) is 0 Å². The van der Waals surface area contributed by atoms with Gasteiger partial charge in [-0.3, -0.25) is 11.3 Å². The quantitative estimate of drug-likeness (QED) is 0.536. The average molecular weight is 234 g/mol. The Balaban J connectivity index is 1.61. The molecule has 0 saturated heterocycles. The van der Waals surface area contributed by atoms with Gasteiger partial charge < -0.3 is 4.74 Å². The number of ether oxygens (including phenoxy) is 1. The van der Waals surface area contributed by atoms with Gasteiger partial charge in [-0.25, -0.2) is 0 Å². The van der Waals surface area contributed by atoms with Crippen molar-refractivity contribution in [3.63, 3.8) is 0 Å². The van der Waals surface area contributed by atoms with Crippen LogP contribution in [0.25, 0.3) is 0 Å². The fourth-order valence-electron chi connectivity index (χ4n) is 1.99. The fraction of sp³-hybridized carbons (Fsp3) is 0.571. The zero-order valence-corrected chi connectivity index (χ0v) is 10.3. The summed E-state index contributed by atoms with van der Waals surface area (Å²) >= 11 is 0. The second-order valence-electron chi connectivity index (χ2n) is 4.83. The molecule has 3 nitrogen and oxygen atoms in total. The Morgan fingerprint density at radius 2 is 2.00 bits per heavy atom. The Morgan fingerprint density at radius 1 is 1.24 bits per heavy atom. The van der Waals surface area contributed by atoms with Crippen molar-refractivity contribution >= 4 is 0 Å². The molecule has 0 amide bonds. The smallest absolute Gasteiger partial charge is 0.119 e. The van der Waals surface area contributed by atoms with Crippen LogP contribution in [0.3, 0.4) is 0 Å². The standard InChI is InChI=1S/C14H22N2O/c15-16-13(9-8-12-6-7-12)10-11-17-14-4-2-1-3-5-14/h1-5,12-13,16H,6-11,15H2. The van der Waals surface area contributed by atoms with E-state index in [1.54, 1.807) is 0 Å². The summed E-state index contributed by atoms with van der Waals surface area (Å²) in [6, 6.07) is 10.3. The number of hydrogen-bond acceptors (Lipinski definition) is 3. The summed E-state index contributed by atoms with van der Waals surface area (Å²) in [7, 11) is 0. The first-order valence-corrected chi connectivity index (χ1v) is 6.52. The predicted octanol–water partition coefficient (Wildman–Crippen LogP) is 2.48. The zero-order valence-electron chi connectivity index (χ0n) is 10.3. The van der Waals surface area contributed by atoms with Crippen LogP contribution < -0.4 is 16.0 Å². The van der Waals surface area contributed by atoms with E-state index in [4.69, 9.17) is 10.6 Å². The number of hydrazine groups is 1. The van der Waals surface area contributed by atoms with Gasteiger partial charge in [0.2, 0.25) is 0 Å². The van der Waals surface area contributed by atoms with E-state index < -0.39 is 0 Å². The molecule has 3 N–H and O–H groups in total. The molecule has 1 aromatic carbocycles. The molecule has 1 fully saturated rings. The fourth-order valence-corrected chi connectivity index (χ4v) is 1.99. The zero-order chi connectivity index (χ0) is 11.9. The predicted molar refractivity (Wildman–Crippen MR) is 69.6 cm³/mol. The van der Waals surface area contributed by atoms with Crippen molar-refractivity contribution in [2.75, 3.05) is 6.61 Å². The minimum atomic E-state index is 0.388. The minimum Gasteiger partial charge on any atom is -0.494 e. The van der Waals surface area contributed by atoms with Crippen molar-refractivity contribution < 1.29 is 4.74 Å². The number of nitrogens with one attached hydrogen (secondary N) is 1. The molecule has 1 aliphatic rings. The summed E-state index contributed by atoms with van der Waals surface area (Å²) in [4.78, 5) is 0. The van der Waals surface area contributed by atoms with Gasteiger partial charge >= 0.3 is 0 Å². The average Bonchev–Trinajstić information content (AvgIpc) is 3.19. The van der Waals surface area contributed by atoms with Crippen molar-refractivity contribution in [2.24, 2.45) is 11.8 Å². The van der Waals surface area contributed by atoms with E-state index >= 15 is 0 Å². The first kappa shape index (κ1) is 12.4. The van der Waals surface area contributed by atoms with Gasteiger partial charge in [0, 0.05) is 6.04 Å². The summed E-state index contributed by atoms with van der Waals surface area (Å²) in [5.74, 6) is 7.46. The summed E-state index contributed by atoms with van der Waals surface area (Å²) < 4.78 is 5.67. The SMILES string of the molecule is NNC(CCOc1ccccc1)CCC1CC1. The topological polar surface area (TPSA) is 47.3 Å². The van der Waals surface area contributed by atoms with E-state index in [0.717, 1.165) is 24.7 Å². The highest BCUT2D eigenvalue weighted by molar-refractivity contribution is 5.20. The molecule has 0 radical (unpaired) electrons. The van der Waals surface area contributed by atoms with Crippen LogP contribution in [0, 0.1) is 5.92 Å². The molecular formula is C14H22N2O. The normalized spacial score (nSPS) is 16.8. The van der Waals surface area contributed by atoms with Crippen molar-refractivity contribution in [3.05, 3.63) is 30.3 Å². The third kappa shape index (κ3) is 4.75. The van der Waals surface area contributed by atoms with Crippen LogP contribution >= 0.6 is 0 Å². The van der Waals surface area contributed by atoms with E-state index in [1.807, 2.05) is 30.3 Å². The first-order valence-electron chi connectivity index (χ1n) is 6.52. The second kappa shape index (κ2) is 6.62. The lowest BCUT2D eigenvalue weighted by molar-refractivity contribution is 0.279. The van der Waals surface area contributed by atoms with Gasteiger partial charge in [0.05, 0.1) is 6.61 Å².